The van der Waals surface area contributed by atoms with Crippen LogP contribution < -0.4 is 5.32 Å². The number of carbonyl (C=O) groups excluding carboxylic acids is 2. The smallest absolute Gasteiger partial charge is 0.251 e. The second kappa shape index (κ2) is 7.45. The van der Waals surface area contributed by atoms with Crippen molar-refractivity contribution in [2.75, 3.05) is 25.1 Å². The van der Waals surface area contributed by atoms with E-state index in [0.29, 0.717) is 12.0 Å². The molecule has 1 heterocycles. The number of nitrogens with one attached hydrogen (secondary N) is 1. The Hall–Kier alpha value is -2.41. The fourth-order valence-corrected chi connectivity index (χ4v) is 4.95. The number of sulfone groups is 1. The highest BCUT2D eigenvalue weighted by Gasteiger charge is 2.32. The van der Waals surface area contributed by atoms with E-state index in [4.69, 9.17) is 0 Å². The van der Waals surface area contributed by atoms with Gasteiger partial charge in [-0.15, -0.1) is 0 Å². The number of carbonyl (C=O) groups is 2. The molecule has 0 bridgehead atoms. The summed E-state index contributed by atoms with van der Waals surface area (Å²) in [5.74, 6) is -0.229. The maximum absolute atomic E-state index is 12.3. The lowest BCUT2D eigenvalue weighted by Gasteiger charge is -2.23. The first-order valence-electron chi connectivity index (χ1n) is 8.59. The lowest BCUT2D eigenvalue weighted by molar-refractivity contribution is -0.131. The summed E-state index contributed by atoms with van der Waals surface area (Å²) in [7, 11) is -1.40. The topological polar surface area (TPSA) is 83.6 Å². The summed E-state index contributed by atoms with van der Waals surface area (Å²) in [4.78, 5) is 26.0. The minimum atomic E-state index is -3.03. The Kier molecular flexibility index (Phi) is 5.27. The molecule has 1 N–H and O–H groups in total. The molecular formula is C19H22N2O4S. The van der Waals surface area contributed by atoms with Crippen LogP contribution in [0.1, 0.15) is 23.2 Å². The number of fused-ring (bicyclic) bond motifs is 1. The number of hydrogen-bond donors (Lipinski definition) is 1. The molecular weight excluding hydrogens is 352 g/mol. The van der Waals surface area contributed by atoms with Crippen molar-refractivity contribution >= 4 is 32.4 Å². The quantitative estimate of drug-likeness (QED) is 0.862. The van der Waals surface area contributed by atoms with Crippen molar-refractivity contribution < 1.29 is 18.0 Å². The third-order valence-electron chi connectivity index (χ3n) is 4.79. The van der Waals surface area contributed by atoms with Crippen LogP contribution in [-0.4, -0.2) is 56.3 Å². The molecule has 2 amide bonds. The zero-order valence-electron chi connectivity index (χ0n) is 14.6. The lowest BCUT2D eigenvalue weighted by Crippen LogP contribution is -2.39. The predicted octanol–water partition coefficient (Wildman–Crippen LogP) is 1.61. The van der Waals surface area contributed by atoms with E-state index < -0.39 is 9.84 Å². The van der Waals surface area contributed by atoms with Gasteiger partial charge in [-0.2, -0.15) is 0 Å². The van der Waals surface area contributed by atoms with Gasteiger partial charge in [-0.1, -0.05) is 30.3 Å². The monoisotopic (exact) mass is 374 g/mol. The summed E-state index contributed by atoms with van der Waals surface area (Å²) >= 11 is 0. The van der Waals surface area contributed by atoms with Crippen molar-refractivity contribution in [1.29, 1.82) is 0 Å². The number of rotatable bonds is 5. The van der Waals surface area contributed by atoms with Crippen LogP contribution in [0.5, 0.6) is 0 Å². The van der Waals surface area contributed by atoms with Gasteiger partial charge in [-0.05, 0) is 29.3 Å². The molecule has 6 nitrogen and oxygen atoms in total. The zero-order valence-corrected chi connectivity index (χ0v) is 15.5. The van der Waals surface area contributed by atoms with Crippen LogP contribution in [-0.2, 0) is 14.6 Å². The van der Waals surface area contributed by atoms with Gasteiger partial charge in [0.2, 0.25) is 5.91 Å². The first kappa shape index (κ1) is 18.4. The Bertz CT molecular complexity index is 939. The number of hydrogen-bond acceptors (Lipinski definition) is 4. The lowest BCUT2D eigenvalue weighted by atomic mass is 10.1. The molecule has 1 atom stereocenters. The summed E-state index contributed by atoms with van der Waals surface area (Å²) in [6.07, 6.45) is 0.625. The van der Waals surface area contributed by atoms with Gasteiger partial charge in [0, 0.05) is 31.6 Å². The van der Waals surface area contributed by atoms with E-state index in [9.17, 15) is 18.0 Å². The fraction of sp³-hybridized carbons (Fsp3) is 0.368. The van der Waals surface area contributed by atoms with Crippen molar-refractivity contribution in [3.63, 3.8) is 0 Å². The highest BCUT2D eigenvalue weighted by Crippen LogP contribution is 2.17. The van der Waals surface area contributed by atoms with E-state index in [1.54, 1.807) is 13.1 Å². The molecule has 0 aromatic heterocycles. The van der Waals surface area contributed by atoms with Gasteiger partial charge >= 0.3 is 0 Å². The molecule has 2 aromatic carbocycles. The van der Waals surface area contributed by atoms with E-state index in [1.807, 2.05) is 36.4 Å². The minimum Gasteiger partial charge on any atom is -0.352 e. The van der Waals surface area contributed by atoms with E-state index >= 15 is 0 Å². The van der Waals surface area contributed by atoms with Crippen LogP contribution in [0.15, 0.2) is 42.5 Å². The van der Waals surface area contributed by atoms with Crippen LogP contribution in [0.2, 0.25) is 0 Å². The summed E-state index contributed by atoms with van der Waals surface area (Å²) < 4.78 is 23.1. The summed E-state index contributed by atoms with van der Waals surface area (Å²) in [5, 5.41) is 4.80. The highest BCUT2D eigenvalue weighted by atomic mass is 32.2. The Balaban J connectivity index is 1.52. The van der Waals surface area contributed by atoms with Gasteiger partial charge in [0.05, 0.1) is 11.5 Å². The van der Waals surface area contributed by atoms with Crippen molar-refractivity contribution in [3.8, 4) is 0 Å². The van der Waals surface area contributed by atoms with Crippen LogP contribution in [0.4, 0.5) is 0 Å². The Morgan fingerprint density at radius 3 is 2.58 bits per heavy atom. The van der Waals surface area contributed by atoms with Crippen molar-refractivity contribution in [3.05, 3.63) is 48.0 Å². The summed E-state index contributed by atoms with van der Waals surface area (Å²) in [6.45, 7) is 0.217. The molecule has 26 heavy (non-hydrogen) atoms. The Morgan fingerprint density at radius 1 is 1.15 bits per heavy atom. The average molecular weight is 374 g/mol. The molecule has 3 rings (SSSR count). The van der Waals surface area contributed by atoms with Gasteiger partial charge < -0.3 is 10.2 Å². The molecule has 0 saturated carbocycles. The molecule has 1 saturated heterocycles. The third kappa shape index (κ3) is 4.22. The maximum atomic E-state index is 12.3. The van der Waals surface area contributed by atoms with Crippen molar-refractivity contribution in [2.24, 2.45) is 0 Å². The third-order valence-corrected chi connectivity index (χ3v) is 6.54. The zero-order chi connectivity index (χ0) is 18.7. The van der Waals surface area contributed by atoms with Gasteiger partial charge in [0.15, 0.2) is 9.84 Å². The molecule has 1 fully saturated rings. The van der Waals surface area contributed by atoms with Crippen LogP contribution in [0.3, 0.4) is 0 Å². The van der Waals surface area contributed by atoms with E-state index in [2.05, 4.69) is 5.32 Å². The van der Waals surface area contributed by atoms with Crippen molar-refractivity contribution in [1.82, 2.24) is 10.2 Å². The van der Waals surface area contributed by atoms with Crippen LogP contribution in [0.25, 0.3) is 10.8 Å². The van der Waals surface area contributed by atoms with E-state index in [-0.39, 0.29) is 42.3 Å². The number of nitrogens with zero attached hydrogens (tertiary/aromatic N) is 1. The molecule has 0 aliphatic carbocycles. The Morgan fingerprint density at radius 2 is 1.88 bits per heavy atom. The molecule has 7 heteroatoms. The summed E-state index contributed by atoms with van der Waals surface area (Å²) in [6, 6.07) is 13.0. The molecule has 1 aliphatic heterocycles. The molecule has 2 aromatic rings. The SMILES string of the molecule is CN(C(=O)CCNC(=O)c1ccc2ccccc2c1)C1CCS(=O)(=O)C1. The van der Waals surface area contributed by atoms with E-state index in [0.717, 1.165) is 10.8 Å². The first-order chi connectivity index (χ1) is 12.4. The molecule has 0 radical (unpaired) electrons. The molecule has 1 aliphatic rings. The van der Waals surface area contributed by atoms with Gasteiger partial charge in [0.25, 0.3) is 5.91 Å². The van der Waals surface area contributed by atoms with Crippen molar-refractivity contribution in [2.45, 2.75) is 18.9 Å². The summed E-state index contributed by atoms with van der Waals surface area (Å²) in [5.41, 5.74) is 0.548. The van der Waals surface area contributed by atoms with Gasteiger partial charge in [-0.25, -0.2) is 8.42 Å². The fourth-order valence-electron chi connectivity index (χ4n) is 3.18. The normalized spacial score (nSPS) is 18.6. The van der Waals surface area contributed by atoms with Gasteiger partial charge in [0.1, 0.15) is 0 Å². The number of amides is 2. The van der Waals surface area contributed by atoms with Gasteiger partial charge in [-0.3, -0.25) is 9.59 Å². The predicted molar refractivity (Wildman–Crippen MR) is 101 cm³/mol. The second-order valence-corrected chi connectivity index (χ2v) is 8.86. The standard InChI is InChI=1S/C19H22N2O4S/c1-21(17-9-11-26(24,25)13-17)18(22)8-10-20-19(23)16-7-6-14-4-2-3-5-15(14)12-16/h2-7,12,17H,8-11,13H2,1H3,(H,20,23). The van der Waals surface area contributed by atoms with Crippen LogP contribution >= 0.6 is 0 Å². The molecule has 0 spiro atoms. The largest absolute Gasteiger partial charge is 0.352 e. The number of benzene rings is 2. The Labute approximate surface area is 153 Å². The second-order valence-electron chi connectivity index (χ2n) is 6.63. The minimum absolute atomic E-state index is 0.0265. The average Bonchev–Trinajstić information content (AvgIpc) is 3.00. The van der Waals surface area contributed by atoms with E-state index in [1.165, 1.54) is 4.90 Å². The maximum Gasteiger partial charge on any atom is 0.251 e. The first-order valence-corrected chi connectivity index (χ1v) is 10.4. The van der Waals surface area contributed by atoms with Crippen LogP contribution in [0, 0.1) is 0 Å². The molecule has 1 unspecified atom stereocenters. The molecule has 138 valence electrons. The highest BCUT2D eigenvalue weighted by molar-refractivity contribution is 7.91.